The third kappa shape index (κ3) is 4.66. The molecule has 4 atom stereocenters. The SMILES string of the molecule is CC1C[C@H]2CCC[C@@H](C1)C21c2ccccc2S(=O)(=O)c2cc(N(c3ccc(-n4c5ccccc5c5ccccc54)cc3)c3cccc4ccccc34)ccc21. The molecule has 2 saturated carbocycles. The fourth-order valence-corrected chi connectivity index (χ4v) is 13.1. The second kappa shape index (κ2) is 12.2. The average Bonchev–Trinajstić information content (AvgIpc) is 3.55. The van der Waals surface area contributed by atoms with Gasteiger partial charge >= 0.3 is 0 Å². The molecule has 0 N–H and O–H groups in total. The molecule has 3 aliphatic rings. The number of sulfone groups is 1. The van der Waals surface area contributed by atoms with E-state index in [-0.39, 0.29) is 5.41 Å². The van der Waals surface area contributed by atoms with E-state index < -0.39 is 9.84 Å². The highest BCUT2D eigenvalue weighted by Crippen LogP contribution is 2.63. The molecule has 2 aliphatic carbocycles. The Morgan fingerprint density at radius 2 is 1.16 bits per heavy atom. The molecular formula is C50H42N2O2S. The third-order valence-electron chi connectivity index (χ3n) is 13.3. The lowest BCUT2D eigenvalue weighted by Crippen LogP contribution is -2.53. The number of fused-ring (bicyclic) bond motifs is 6. The lowest BCUT2D eigenvalue weighted by Gasteiger charge is -2.57. The van der Waals surface area contributed by atoms with Crippen molar-refractivity contribution in [1.29, 1.82) is 0 Å². The van der Waals surface area contributed by atoms with Crippen LogP contribution >= 0.6 is 0 Å². The summed E-state index contributed by atoms with van der Waals surface area (Å²) in [7, 11) is -3.79. The van der Waals surface area contributed by atoms with Gasteiger partial charge in [0.2, 0.25) is 9.84 Å². The monoisotopic (exact) mass is 734 g/mol. The molecule has 0 saturated heterocycles. The number of nitrogens with zero attached hydrogens (tertiary/aromatic N) is 2. The van der Waals surface area contributed by atoms with Crippen molar-refractivity contribution in [1.82, 2.24) is 4.57 Å². The predicted molar refractivity (Wildman–Crippen MR) is 225 cm³/mol. The van der Waals surface area contributed by atoms with E-state index in [1.54, 1.807) is 0 Å². The lowest BCUT2D eigenvalue weighted by molar-refractivity contribution is 0.0488. The number of benzene rings is 7. The zero-order valence-electron chi connectivity index (χ0n) is 30.9. The Morgan fingerprint density at radius 3 is 1.89 bits per heavy atom. The fourth-order valence-electron chi connectivity index (χ4n) is 11.3. The van der Waals surface area contributed by atoms with Gasteiger partial charge in [0, 0.05) is 38.6 Å². The standard InChI is InChI=1S/C50H42N2O2S/c1-33-30-35-14-11-15-36(31-33)50(35)43-19-6-9-23-48(43)55(53,54)49-32-39(28-29-44(49)50)51(45-22-10-13-34-12-2-3-16-40(34)45)37-24-26-38(27-25-37)52-46-20-7-4-17-41(46)42-18-5-8-21-47(42)52/h2-10,12-13,16-29,32-33,35-36H,11,14-15,30-31H2,1H3/t33?,35-,36+,50?. The van der Waals surface area contributed by atoms with Gasteiger partial charge in [0.1, 0.15) is 0 Å². The molecule has 2 bridgehead atoms. The fraction of sp³-hybridized carbons (Fsp3) is 0.200. The Balaban J connectivity index is 1.13. The molecule has 270 valence electrons. The summed E-state index contributed by atoms with van der Waals surface area (Å²) in [6, 6.07) is 55.1. The molecule has 55 heavy (non-hydrogen) atoms. The predicted octanol–water partition coefficient (Wildman–Crippen LogP) is 12.7. The van der Waals surface area contributed by atoms with Crippen LogP contribution in [0.15, 0.2) is 168 Å². The van der Waals surface area contributed by atoms with Crippen LogP contribution in [0.5, 0.6) is 0 Å². The van der Waals surface area contributed by atoms with Gasteiger partial charge in [-0.15, -0.1) is 0 Å². The van der Waals surface area contributed by atoms with Crippen LogP contribution in [0, 0.1) is 17.8 Å². The van der Waals surface area contributed by atoms with Gasteiger partial charge in [-0.25, -0.2) is 8.42 Å². The van der Waals surface area contributed by atoms with Gasteiger partial charge in [0.15, 0.2) is 0 Å². The number of hydrogen-bond acceptors (Lipinski definition) is 3. The minimum atomic E-state index is -3.79. The van der Waals surface area contributed by atoms with Crippen molar-refractivity contribution in [2.75, 3.05) is 4.90 Å². The molecule has 2 unspecified atom stereocenters. The van der Waals surface area contributed by atoms with Gasteiger partial charge < -0.3 is 9.47 Å². The first kappa shape index (κ1) is 32.8. The molecule has 0 amide bonds. The van der Waals surface area contributed by atoms with E-state index >= 15 is 0 Å². The molecule has 4 nitrogen and oxygen atoms in total. The van der Waals surface area contributed by atoms with Crippen molar-refractivity contribution < 1.29 is 8.42 Å². The Labute approximate surface area is 322 Å². The summed E-state index contributed by atoms with van der Waals surface area (Å²) in [5.41, 5.74) is 7.96. The minimum Gasteiger partial charge on any atom is -0.310 e. The highest BCUT2D eigenvalue weighted by Gasteiger charge is 2.58. The van der Waals surface area contributed by atoms with Crippen molar-refractivity contribution in [3.8, 4) is 5.69 Å². The van der Waals surface area contributed by atoms with Crippen LogP contribution in [-0.2, 0) is 15.3 Å². The number of hydrogen-bond donors (Lipinski definition) is 0. The van der Waals surface area contributed by atoms with Crippen molar-refractivity contribution in [3.63, 3.8) is 0 Å². The summed E-state index contributed by atoms with van der Waals surface area (Å²) in [5, 5.41) is 4.70. The highest BCUT2D eigenvalue weighted by molar-refractivity contribution is 7.91. The maximum atomic E-state index is 14.9. The molecule has 7 aromatic carbocycles. The summed E-state index contributed by atoms with van der Waals surface area (Å²) < 4.78 is 32.2. The molecule has 11 rings (SSSR count). The van der Waals surface area contributed by atoms with E-state index in [9.17, 15) is 8.42 Å². The van der Waals surface area contributed by atoms with Crippen LogP contribution in [0.3, 0.4) is 0 Å². The zero-order chi connectivity index (χ0) is 36.9. The quantitative estimate of drug-likeness (QED) is 0.181. The van der Waals surface area contributed by atoms with Gasteiger partial charge in [0.25, 0.3) is 0 Å². The maximum Gasteiger partial charge on any atom is 0.207 e. The second-order valence-corrected chi connectivity index (χ2v) is 18.1. The summed E-state index contributed by atoms with van der Waals surface area (Å²) >= 11 is 0. The largest absolute Gasteiger partial charge is 0.310 e. The van der Waals surface area contributed by atoms with Gasteiger partial charge in [-0.2, -0.15) is 0 Å². The van der Waals surface area contributed by atoms with E-state index in [0.29, 0.717) is 27.5 Å². The van der Waals surface area contributed by atoms with Crippen molar-refractivity contribution in [3.05, 3.63) is 169 Å². The Bertz CT molecular complexity index is 2850. The summed E-state index contributed by atoms with van der Waals surface area (Å²) in [6.45, 7) is 2.39. The molecule has 2 fully saturated rings. The molecule has 5 heteroatoms. The van der Waals surface area contributed by atoms with Crippen molar-refractivity contribution in [2.45, 2.75) is 54.2 Å². The van der Waals surface area contributed by atoms with Gasteiger partial charge in [-0.05, 0) is 121 Å². The normalized spacial score (nSPS) is 22.5. The van der Waals surface area contributed by atoms with Crippen LogP contribution in [0.1, 0.15) is 50.2 Å². The number of aromatic nitrogens is 1. The molecule has 0 radical (unpaired) electrons. The van der Waals surface area contributed by atoms with Crippen molar-refractivity contribution >= 4 is 59.5 Å². The zero-order valence-corrected chi connectivity index (χ0v) is 31.7. The molecule has 2 heterocycles. The Hall–Kier alpha value is -5.65. The summed E-state index contributed by atoms with van der Waals surface area (Å²) in [4.78, 5) is 3.23. The summed E-state index contributed by atoms with van der Waals surface area (Å²) in [5.74, 6) is 1.47. The Morgan fingerprint density at radius 1 is 0.582 bits per heavy atom. The van der Waals surface area contributed by atoms with Crippen LogP contribution in [0.25, 0.3) is 38.3 Å². The number of rotatable bonds is 4. The topological polar surface area (TPSA) is 42.3 Å². The van der Waals surface area contributed by atoms with Crippen LogP contribution in [0.4, 0.5) is 17.1 Å². The first-order valence-corrected chi connectivity index (χ1v) is 21.3. The van der Waals surface area contributed by atoms with Gasteiger partial charge in [-0.1, -0.05) is 110 Å². The maximum absolute atomic E-state index is 14.9. The van der Waals surface area contributed by atoms with E-state index in [1.807, 2.05) is 18.2 Å². The smallest absolute Gasteiger partial charge is 0.207 e. The van der Waals surface area contributed by atoms with E-state index in [2.05, 4.69) is 156 Å². The molecule has 1 aromatic heterocycles. The molecule has 1 spiro atoms. The highest BCUT2D eigenvalue weighted by atomic mass is 32.2. The molecule has 8 aromatic rings. The van der Waals surface area contributed by atoms with Crippen LogP contribution < -0.4 is 4.90 Å². The lowest BCUT2D eigenvalue weighted by atomic mass is 9.48. The van der Waals surface area contributed by atoms with E-state index in [0.717, 1.165) is 70.3 Å². The van der Waals surface area contributed by atoms with Crippen LogP contribution in [0.2, 0.25) is 0 Å². The summed E-state index contributed by atoms with van der Waals surface area (Å²) in [6.07, 6.45) is 5.75. The Kier molecular flexibility index (Phi) is 7.25. The van der Waals surface area contributed by atoms with Gasteiger partial charge in [0.05, 0.1) is 26.5 Å². The number of anilines is 3. The molecule has 1 aliphatic heterocycles. The minimum absolute atomic E-state index is 0.297. The van der Waals surface area contributed by atoms with Gasteiger partial charge in [-0.3, -0.25) is 0 Å². The second-order valence-electron chi connectivity index (χ2n) is 16.2. The van der Waals surface area contributed by atoms with E-state index in [4.69, 9.17) is 0 Å². The average molecular weight is 735 g/mol. The van der Waals surface area contributed by atoms with Crippen molar-refractivity contribution in [2.24, 2.45) is 17.8 Å². The van der Waals surface area contributed by atoms with E-state index in [1.165, 1.54) is 28.2 Å². The number of para-hydroxylation sites is 2. The molecular weight excluding hydrogens is 693 g/mol. The third-order valence-corrected chi connectivity index (χ3v) is 15.2. The van der Waals surface area contributed by atoms with Crippen LogP contribution in [-0.4, -0.2) is 13.0 Å². The first-order valence-electron chi connectivity index (χ1n) is 19.8. The first-order chi connectivity index (χ1) is 26.9.